The lowest BCUT2D eigenvalue weighted by atomic mass is 9.95. The fourth-order valence-corrected chi connectivity index (χ4v) is 3.09. The predicted octanol–water partition coefficient (Wildman–Crippen LogP) is 2.97. The van der Waals surface area contributed by atoms with E-state index in [9.17, 15) is 9.59 Å². The number of fused-ring (bicyclic) bond motifs is 1. The summed E-state index contributed by atoms with van der Waals surface area (Å²) in [5.41, 5.74) is 2.18. The molecule has 0 unspecified atom stereocenters. The third-order valence-corrected chi connectivity index (χ3v) is 4.43. The Morgan fingerprint density at radius 3 is 2.67 bits per heavy atom. The molecule has 2 aromatic rings. The van der Waals surface area contributed by atoms with Crippen molar-refractivity contribution >= 4 is 28.6 Å². The van der Waals surface area contributed by atoms with Crippen molar-refractivity contribution < 1.29 is 14.0 Å². The first-order chi connectivity index (χ1) is 11.4. The van der Waals surface area contributed by atoms with Crippen LogP contribution < -0.4 is 5.32 Å². The number of piperidine rings is 1. The maximum absolute atomic E-state index is 12.5. The van der Waals surface area contributed by atoms with Crippen LogP contribution in [-0.2, 0) is 9.59 Å². The van der Waals surface area contributed by atoms with Crippen molar-refractivity contribution in [1.29, 1.82) is 0 Å². The van der Waals surface area contributed by atoms with E-state index >= 15 is 0 Å². The molecule has 1 aliphatic rings. The molecule has 1 aromatic heterocycles. The van der Waals surface area contributed by atoms with Crippen molar-refractivity contribution in [1.82, 2.24) is 9.88 Å². The Balaban J connectivity index is 1.60. The summed E-state index contributed by atoms with van der Waals surface area (Å²) in [7, 11) is 0. The van der Waals surface area contributed by atoms with Crippen molar-refractivity contribution in [3.63, 3.8) is 0 Å². The number of carbonyl (C=O) groups excluding carboxylic acids is 2. The maximum atomic E-state index is 12.5. The van der Waals surface area contributed by atoms with Crippen molar-refractivity contribution in [2.24, 2.45) is 11.8 Å². The molecular weight excluding hydrogens is 306 g/mol. The predicted molar refractivity (Wildman–Crippen MR) is 91.5 cm³/mol. The van der Waals surface area contributed by atoms with Crippen LogP contribution in [0.2, 0.25) is 0 Å². The minimum atomic E-state index is -0.0593. The lowest BCUT2D eigenvalue weighted by Gasteiger charge is -2.32. The van der Waals surface area contributed by atoms with Gasteiger partial charge in [0.05, 0.1) is 0 Å². The molecule has 0 saturated carbocycles. The summed E-state index contributed by atoms with van der Waals surface area (Å²) in [6.07, 6.45) is 1.41. The largest absolute Gasteiger partial charge is 0.441 e. The summed E-state index contributed by atoms with van der Waals surface area (Å²) in [6.45, 7) is 6.91. The van der Waals surface area contributed by atoms with Crippen molar-refractivity contribution in [3.05, 3.63) is 24.1 Å². The molecule has 0 spiro atoms. The lowest BCUT2D eigenvalue weighted by molar-refractivity contribution is -0.137. The highest BCUT2D eigenvalue weighted by Crippen LogP contribution is 2.23. The van der Waals surface area contributed by atoms with Gasteiger partial charge in [0.25, 0.3) is 0 Å². The van der Waals surface area contributed by atoms with Crippen LogP contribution in [0.5, 0.6) is 0 Å². The van der Waals surface area contributed by atoms with Gasteiger partial charge in [0, 0.05) is 37.5 Å². The average molecular weight is 329 g/mol. The number of likely N-dealkylation sites (tertiary alicyclic amines) is 1. The zero-order chi connectivity index (χ0) is 17.3. The van der Waals surface area contributed by atoms with E-state index in [1.165, 1.54) is 0 Å². The molecule has 0 aliphatic carbocycles. The summed E-state index contributed by atoms with van der Waals surface area (Å²) < 4.78 is 5.44. The second-order valence-electron chi connectivity index (χ2n) is 6.66. The number of aromatic nitrogens is 1. The van der Waals surface area contributed by atoms with E-state index in [1.54, 1.807) is 6.92 Å². The van der Waals surface area contributed by atoms with Crippen LogP contribution in [0.25, 0.3) is 11.1 Å². The molecule has 1 saturated heterocycles. The molecule has 0 atom stereocenters. The van der Waals surface area contributed by atoms with Crippen LogP contribution in [0.15, 0.2) is 22.6 Å². The van der Waals surface area contributed by atoms with E-state index in [2.05, 4.69) is 10.3 Å². The molecule has 1 aromatic carbocycles. The first-order valence-electron chi connectivity index (χ1n) is 8.41. The Hall–Kier alpha value is -2.37. The second-order valence-corrected chi connectivity index (χ2v) is 6.66. The third-order valence-electron chi connectivity index (χ3n) is 4.43. The van der Waals surface area contributed by atoms with Crippen LogP contribution in [-0.4, -0.2) is 34.8 Å². The topological polar surface area (TPSA) is 75.4 Å². The van der Waals surface area contributed by atoms with E-state index < -0.39 is 0 Å². The number of rotatable bonds is 3. The van der Waals surface area contributed by atoms with Gasteiger partial charge in [0.15, 0.2) is 11.5 Å². The zero-order valence-electron chi connectivity index (χ0n) is 14.3. The number of benzene rings is 1. The molecule has 1 N–H and O–H groups in total. The number of hydrogen-bond acceptors (Lipinski definition) is 4. The van der Waals surface area contributed by atoms with E-state index in [1.807, 2.05) is 36.9 Å². The third kappa shape index (κ3) is 3.42. The maximum Gasteiger partial charge on any atom is 0.227 e. The molecule has 1 fully saturated rings. The summed E-state index contributed by atoms with van der Waals surface area (Å²) in [5, 5.41) is 2.96. The highest BCUT2D eigenvalue weighted by molar-refractivity contribution is 5.94. The van der Waals surface area contributed by atoms with Gasteiger partial charge in [-0.3, -0.25) is 9.59 Å². The normalized spacial score (nSPS) is 15.9. The van der Waals surface area contributed by atoms with Gasteiger partial charge in [-0.1, -0.05) is 13.8 Å². The van der Waals surface area contributed by atoms with Crippen LogP contribution in [0.1, 0.15) is 32.6 Å². The fourth-order valence-electron chi connectivity index (χ4n) is 3.09. The van der Waals surface area contributed by atoms with Gasteiger partial charge in [-0.05, 0) is 31.0 Å². The number of amides is 2. The van der Waals surface area contributed by atoms with Gasteiger partial charge in [0.1, 0.15) is 5.52 Å². The molecule has 3 rings (SSSR count). The van der Waals surface area contributed by atoms with E-state index in [0.717, 1.165) is 11.2 Å². The van der Waals surface area contributed by atoms with E-state index in [-0.39, 0.29) is 23.7 Å². The highest BCUT2D eigenvalue weighted by Gasteiger charge is 2.28. The van der Waals surface area contributed by atoms with Gasteiger partial charge < -0.3 is 14.6 Å². The second kappa shape index (κ2) is 6.63. The first-order valence-corrected chi connectivity index (χ1v) is 8.41. The minimum Gasteiger partial charge on any atom is -0.441 e. The molecule has 2 heterocycles. The van der Waals surface area contributed by atoms with Crippen molar-refractivity contribution in [2.75, 3.05) is 18.4 Å². The first kappa shape index (κ1) is 16.5. The Kier molecular flexibility index (Phi) is 4.55. The Bertz CT molecular complexity index is 758. The van der Waals surface area contributed by atoms with Gasteiger partial charge in [0.2, 0.25) is 11.8 Å². The number of aryl methyl sites for hydroxylation is 1. The molecule has 0 bridgehead atoms. The number of carbonyl (C=O) groups is 2. The molecule has 2 amide bonds. The standard InChI is InChI=1S/C18H23N3O3/c1-11(2)18(23)21-8-6-13(7-9-21)17(22)20-14-4-5-16-15(10-14)19-12(3)24-16/h4-5,10-11,13H,6-9H2,1-3H3,(H,20,22). The molecule has 24 heavy (non-hydrogen) atoms. The minimum absolute atomic E-state index is 0.00575. The zero-order valence-corrected chi connectivity index (χ0v) is 14.3. The monoisotopic (exact) mass is 329 g/mol. The van der Waals surface area contributed by atoms with Crippen molar-refractivity contribution in [2.45, 2.75) is 33.6 Å². The molecule has 6 heteroatoms. The highest BCUT2D eigenvalue weighted by atomic mass is 16.3. The van der Waals surface area contributed by atoms with Crippen molar-refractivity contribution in [3.8, 4) is 0 Å². The molecule has 0 radical (unpaired) electrons. The smallest absolute Gasteiger partial charge is 0.227 e. The van der Waals surface area contributed by atoms with Crippen LogP contribution in [0.4, 0.5) is 5.69 Å². The quantitative estimate of drug-likeness (QED) is 0.939. The molecule has 6 nitrogen and oxygen atoms in total. The van der Waals surface area contributed by atoms with Gasteiger partial charge >= 0.3 is 0 Å². The van der Waals surface area contributed by atoms with Gasteiger partial charge in [-0.2, -0.15) is 0 Å². The van der Waals surface area contributed by atoms with E-state index in [4.69, 9.17) is 4.42 Å². The summed E-state index contributed by atoms with van der Waals surface area (Å²) in [4.78, 5) is 30.6. The number of oxazole rings is 1. The Morgan fingerprint density at radius 2 is 2.00 bits per heavy atom. The summed E-state index contributed by atoms with van der Waals surface area (Å²) >= 11 is 0. The van der Waals surface area contributed by atoms with Crippen LogP contribution in [0.3, 0.4) is 0 Å². The number of hydrogen-bond donors (Lipinski definition) is 1. The van der Waals surface area contributed by atoms with Crippen LogP contribution in [0, 0.1) is 18.8 Å². The Morgan fingerprint density at radius 1 is 1.29 bits per heavy atom. The number of nitrogens with one attached hydrogen (secondary N) is 1. The SMILES string of the molecule is Cc1nc2cc(NC(=O)C3CCN(C(=O)C(C)C)CC3)ccc2o1. The van der Waals surface area contributed by atoms with E-state index in [0.29, 0.717) is 37.4 Å². The summed E-state index contributed by atoms with van der Waals surface area (Å²) in [5.74, 6) is 0.728. The number of nitrogens with zero attached hydrogens (tertiary/aromatic N) is 2. The van der Waals surface area contributed by atoms with Crippen LogP contribution >= 0.6 is 0 Å². The van der Waals surface area contributed by atoms with Gasteiger partial charge in [-0.15, -0.1) is 0 Å². The summed E-state index contributed by atoms with van der Waals surface area (Å²) in [6, 6.07) is 5.46. The Labute approximate surface area is 141 Å². The molecular formula is C18H23N3O3. The average Bonchev–Trinajstić information content (AvgIpc) is 2.93. The lowest BCUT2D eigenvalue weighted by Crippen LogP contribution is -2.43. The van der Waals surface area contributed by atoms with Gasteiger partial charge in [-0.25, -0.2) is 4.98 Å². The molecule has 1 aliphatic heterocycles. The number of anilines is 1. The fraction of sp³-hybridized carbons (Fsp3) is 0.500. The molecule has 128 valence electrons.